The Bertz CT molecular complexity index is 1720. The minimum atomic E-state index is -0.996. The maximum absolute atomic E-state index is 14.5. The summed E-state index contributed by atoms with van der Waals surface area (Å²) in [5, 5.41) is 2.88. The van der Waals surface area contributed by atoms with Crippen LogP contribution in [0.3, 0.4) is 0 Å². The molecule has 1 N–H and O–H groups in total. The molecular formula is C34H28N2O5. The number of benzene rings is 4. The molecule has 2 atom stereocenters. The predicted octanol–water partition coefficient (Wildman–Crippen LogP) is 5.74. The fourth-order valence-electron chi connectivity index (χ4n) is 7.31. The number of methoxy groups -OCH3 is 2. The van der Waals surface area contributed by atoms with Crippen LogP contribution in [0.1, 0.15) is 51.4 Å². The summed E-state index contributed by atoms with van der Waals surface area (Å²) in [6.45, 7) is 1.92. The van der Waals surface area contributed by atoms with Crippen LogP contribution in [0, 0.1) is 11.3 Å². The molecule has 3 aliphatic carbocycles. The Hall–Kier alpha value is -4.91. The maximum Gasteiger partial charge on any atom is 0.257 e. The van der Waals surface area contributed by atoms with Crippen LogP contribution in [0.4, 0.5) is 11.4 Å². The Labute approximate surface area is 237 Å². The van der Waals surface area contributed by atoms with E-state index in [0.29, 0.717) is 17.2 Å². The number of rotatable bonds is 5. The molecule has 2 bridgehead atoms. The first-order chi connectivity index (χ1) is 19.9. The van der Waals surface area contributed by atoms with E-state index in [4.69, 9.17) is 9.47 Å². The van der Waals surface area contributed by atoms with Gasteiger partial charge in [-0.15, -0.1) is 0 Å². The predicted molar refractivity (Wildman–Crippen MR) is 155 cm³/mol. The third-order valence-electron chi connectivity index (χ3n) is 9.06. The fourth-order valence-corrected chi connectivity index (χ4v) is 7.31. The molecule has 1 saturated heterocycles. The van der Waals surface area contributed by atoms with Gasteiger partial charge in [0.05, 0.1) is 42.5 Å². The van der Waals surface area contributed by atoms with E-state index in [1.165, 1.54) is 19.1 Å². The molecule has 0 saturated carbocycles. The van der Waals surface area contributed by atoms with Crippen LogP contribution in [0.15, 0.2) is 91.0 Å². The van der Waals surface area contributed by atoms with Crippen molar-refractivity contribution < 1.29 is 23.9 Å². The van der Waals surface area contributed by atoms with Crippen LogP contribution in [-0.2, 0) is 9.59 Å². The second-order valence-corrected chi connectivity index (χ2v) is 10.9. The SMILES string of the molecule is COc1ccc(OC)c(NC(=O)c2ccccc2N2C(=O)[C@H]3C4c5ccccc5C(c5ccccc54)[C@@]3(C)C2=O)c1. The van der Waals surface area contributed by atoms with Gasteiger partial charge in [0, 0.05) is 17.9 Å². The second-order valence-electron chi connectivity index (χ2n) is 10.9. The van der Waals surface area contributed by atoms with Gasteiger partial charge in [0.1, 0.15) is 11.5 Å². The van der Waals surface area contributed by atoms with Gasteiger partial charge >= 0.3 is 0 Å². The van der Waals surface area contributed by atoms with E-state index in [1.54, 1.807) is 42.5 Å². The molecule has 1 aliphatic heterocycles. The molecule has 204 valence electrons. The molecule has 41 heavy (non-hydrogen) atoms. The monoisotopic (exact) mass is 544 g/mol. The van der Waals surface area contributed by atoms with Crippen LogP contribution < -0.4 is 19.7 Å². The highest BCUT2D eigenvalue weighted by atomic mass is 16.5. The highest BCUT2D eigenvalue weighted by Crippen LogP contribution is 2.67. The topological polar surface area (TPSA) is 84.9 Å². The molecule has 0 aromatic heterocycles. The Kier molecular flexibility index (Phi) is 5.54. The van der Waals surface area contributed by atoms with Gasteiger partial charge in [0.15, 0.2) is 0 Å². The van der Waals surface area contributed by atoms with Gasteiger partial charge in [-0.2, -0.15) is 0 Å². The lowest BCUT2D eigenvalue weighted by molar-refractivity contribution is -0.128. The summed E-state index contributed by atoms with van der Waals surface area (Å²) in [5.41, 5.74) is 4.27. The largest absolute Gasteiger partial charge is 0.497 e. The van der Waals surface area contributed by atoms with Crippen molar-refractivity contribution in [2.24, 2.45) is 11.3 Å². The highest BCUT2D eigenvalue weighted by Gasteiger charge is 2.69. The lowest BCUT2D eigenvalue weighted by Gasteiger charge is -2.51. The first-order valence-corrected chi connectivity index (χ1v) is 13.6. The number of amides is 3. The van der Waals surface area contributed by atoms with E-state index in [9.17, 15) is 14.4 Å². The molecule has 4 aromatic carbocycles. The number of para-hydroxylation sites is 1. The van der Waals surface area contributed by atoms with Gasteiger partial charge in [-0.1, -0.05) is 60.7 Å². The van der Waals surface area contributed by atoms with Crippen molar-refractivity contribution in [2.45, 2.75) is 18.8 Å². The standard InChI is InChI=1S/C34H28N2O5/c1-34-29-22-12-6-4-10-20(22)28(21-11-5-7-13-23(21)29)30(34)32(38)36(33(34)39)26-15-9-8-14-24(26)31(37)35-25-18-19(40-2)16-17-27(25)41-3/h4-18,28-30H,1-3H3,(H,35,37)/t28?,29?,30-,34-/m1/s1. The van der Waals surface area contributed by atoms with E-state index < -0.39 is 17.2 Å². The normalized spacial score (nSPS) is 23.5. The van der Waals surface area contributed by atoms with E-state index in [2.05, 4.69) is 29.6 Å². The van der Waals surface area contributed by atoms with E-state index in [1.807, 2.05) is 31.2 Å². The van der Waals surface area contributed by atoms with Gasteiger partial charge in [0.25, 0.3) is 5.91 Å². The smallest absolute Gasteiger partial charge is 0.257 e. The molecule has 0 unspecified atom stereocenters. The molecule has 8 rings (SSSR count). The molecule has 7 nitrogen and oxygen atoms in total. The van der Waals surface area contributed by atoms with Crippen molar-refractivity contribution in [3.05, 3.63) is 119 Å². The Morgan fingerprint density at radius 1 is 0.805 bits per heavy atom. The molecule has 0 radical (unpaired) electrons. The van der Waals surface area contributed by atoms with Gasteiger partial charge in [-0.05, 0) is 53.4 Å². The number of carbonyl (C=O) groups excluding carboxylic acids is 3. The molecule has 3 amide bonds. The number of hydrogen-bond donors (Lipinski definition) is 1. The maximum atomic E-state index is 14.5. The van der Waals surface area contributed by atoms with Crippen LogP contribution >= 0.6 is 0 Å². The van der Waals surface area contributed by atoms with Crippen molar-refractivity contribution in [2.75, 3.05) is 24.4 Å². The minimum Gasteiger partial charge on any atom is -0.497 e. The van der Waals surface area contributed by atoms with Gasteiger partial charge in [-0.3, -0.25) is 14.4 Å². The number of hydrogen-bond acceptors (Lipinski definition) is 5. The Morgan fingerprint density at radius 2 is 1.41 bits per heavy atom. The summed E-state index contributed by atoms with van der Waals surface area (Å²) in [4.78, 5) is 43.9. The number of ether oxygens (including phenoxy) is 2. The highest BCUT2D eigenvalue weighted by molar-refractivity contribution is 6.27. The van der Waals surface area contributed by atoms with Crippen molar-refractivity contribution >= 4 is 29.1 Å². The Balaban J connectivity index is 1.33. The molecule has 7 heteroatoms. The summed E-state index contributed by atoms with van der Waals surface area (Å²) < 4.78 is 10.7. The summed E-state index contributed by atoms with van der Waals surface area (Å²) >= 11 is 0. The molecular weight excluding hydrogens is 516 g/mol. The van der Waals surface area contributed by atoms with E-state index in [0.717, 1.165) is 22.3 Å². The number of carbonyl (C=O) groups is 3. The number of nitrogens with zero attached hydrogens (tertiary/aromatic N) is 1. The fraction of sp³-hybridized carbons (Fsp3) is 0.206. The van der Waals surface area contributed by atoms with Crippen molar-refractivity contribution in [1.82, 2.24) is 0 Å². The van der Waals surface area contributed by atoms with Crippen molar-refractivity contribution in [3.63, 3.8) is 0 Å². The van der Waals surface area contributed by atoms with Crippen LogP contribution in [-0.4, -0.2) is 31.9 Å². The lowest BCUT2D eigenvalue weighted by Crippen LogP contribution is -2.49. The molecule has 1 fully saturated rings. The summed E-state index contributed by atoms with van der Waals surface area (Å²) in [7, 11) is 3.05. The van der Waals surface area contributed by atoms with E-state index >= 15 is 0 Å². The lowest BCUT2D eigenvalue weighted by atomic mass is 9.48. The van der Waals surface area contributed by atoms with E-state index in [-0.39, 0.29) is 34.9 Å². The van der Waals surface area contributed by atoms with Crippen LogP contribution in [0.2, 0.25) is 0 Å². The first-order valence-electron chi connectivity index (χ1n) is 13.6. The van der Waals surface area contributed by atoms with Crippen LogP contribution in [0.5, 0.6) is 11.5 Å². The average Bonchev–Trinajstić information content (AvgIpc) is 3.21. The molecule has 4 aromatic rings. The Morgan fingerprint density at radius 3 is 2.05 bits per heavy atom. The molecule has 4 aliphatic rings. The number of nitrogens with one attached hydrogen (secondary N) is 1. The van der Waals surface area contributed by atoms with Crippen molar-refractivity contribution in [1.29, 1.82) is 0 Å². The van der Waals surface area contributed by atoms with Crippen LogP contribution in [0.25, 0.3) is 0 Å². The van der Waals surface area contributed by atoms with Gasteiger partial charge in [0.2, 0.25) is 11.8 Å². The van der Waals surface area contributed by atoms with Gasteiger partial charge in [-0.25, -0.2) is 4.90 Å². The third kappa shape index (κ3) is 3.35. The molecule has 1 heterocycles. The third-order valence-corrected chi connectivity index (χ3v) is 9.06. The quantitative estimate of drug-likeness (QED) is 0.324. The molecule has 0 spiro atoms. The zero-order chi connectivity index (χ0) is 28.5. The van der Waals surface area contributed by atoms with Crippen molar-refractivity contribution in [3.8, 4) is 11.5 Å². The average molecular weight is 545 g/mol. The summed E-state index contributed by atoms with van der Waals surface area (Å²) in [6.07, 6.45) is 0. The number of imide groups is 1. The summed E-state index contributed by atoms with van der Waals surface area (Å²) in [5.74, 6) is -1.14. The number of anilines is 2. The minimum absolute atomic E-state index is 0.212. The zero-order valence-electron chi connectivity index (χ0n) is 22.9. The first kappa shape index (κ1) is 25.1. The summed E-state index contributed by atoms with van der Waals surface area (Å²) in [6, 6.07) is 28.1. The zero-order valence-corrected chi connectivity index (χ0v) is 22.9. The van der Waals surface area contributed by atoms with Gasteiger partial charge < -0.3 is 14.8 Å². The second kappa shape index (κ2) is 9.06.